The van der Waals surface area contributed by atoms with Gasteiger partial charge in [-0.05, 0) is 18.2 Å². The van der Waals surface area contributed by atoms with Crippen molar-refractivity contribution in [3.05, 3.63) is 30.6 Å². The maximum absolute atomic E-state index is 5.72. The van der Waals surface area contributed by atoms with Crippen LogP contribution in [0.1, 0.15) is 0 Å². The average molecular weight is 273 g/mol. The highest BCUT2D eigenvalue weighted by Crippen LogP contribution is 2.21. The van der Waals surface area contributed by atoms with Crippen LogP contribution in [0.15, 0.2) is 30.6 Å². The van der Waals surface area contributed by atoms with Gasteiger partial charge in [0, 0.05) is 42.6 Å². The minimum Gasteiger partial charge on any atom is -0.397 e. The molecule has 0 radical (unpaired) electrons. The first-order chi connectivity index (χ1) is 9.33. The molecule has 1 fully saturated rings. The minimum atomic E-state index is 0.636. The van der Waals surface area contributed by atoms with Crippen LogP contribution >= 0.6 is 11.8 Å². The van der Waals surface area contributed by atoms with Crippen LogP contribution in [0.5, 0.6) is 0 Å². The fourth-order valence-electron chi connectivity index (χ4n) is 2.04. The van der Waals surface area contributed by atoms with E-state index in [4.69, 9.17) is 5.73 Å². The van der Waals surface area contributed by atoms with Crippen molar-refractivity contribution in [3.63, 3.8) is 0 Å². The number of hydrogen-bond donors (Lipinski definition) is 1. The van der Waals surface area contributed by atoms with Gasteiger partial charge in [-0.1, -0.05) is 0 Å². The maximum atomic E-state index is 5.72. The molecule has 2 aromatic rings. The molecule has 0 aliphatic carbocycles. The Balaban J connectivity index is 1.82. The molecular formula is C13H15N5S. The lowest BCUT2D eigenvalue weighted by Gasteiger charge is -2.26. The largest absolute Gasteiger partial charge is 0.397 e. The third-order valence-corrected chi connectivity index (χ3v) is 3.98. The first-order valence-electron chi connectivity index (χ1n) is 6.20. The zero-order chi connectivity index (χ0) is 13.1. The fraction of sp³-hybridized carbons (Fsp3) is 0.308. The van der Waals surface area contributed by atoms with Crippen LogP contribution < -0.4 is 10.6 Å². The molecule has 0 spiro atoms. The summed E-state index contributed by atoms with van der Waals surface area (Å²) in [7, 11) is 0. The van der Waals surface area contributed by atoms with E-state index in [1.54, 1.807) is 12.4 Å². The van der Waals surface area contributed by atoms with Crippen molar-refractivity contribution in [1.29, 1.82) is 0 Å². The molecule has 1 aliphatic rings. The van der Waals surface area contributed by atoms with Gasteiger partial charge in [0.2, 0.25) is 0 Å². The molecular weight excluding hydrogens is 258 g/mol. The number of thioether (sulfide) groups is 1. The van der Waals surface area contributed by atoms with E-state index in [1.165, 1.54) is 0 Å². The molecule has 0 unspecified atom stereocenters. The van der Waals surface area contributed by atoms with Gasteiger partial charge in [0.25, 0.3) is 0 Å². The number of rotatable bonds is 2. The summed E-state index contributed by atoms with van der Waals surface area (Å²) in [6.07, 6.45) is 3.37. The van der Waals surface area contributed by atoms with Crippen LogP contribution in [0.25, 0.3) is 11.3 Å². The highest BCUT2D eigenvalue weighted by molar-refractivity contribution is 7.99. The van der Waals surface area contributed by atoms with Crippen molar-refractivity contribution in [3.8, 4) is 11.3 Å². The summed E-state index contributed by atoms with van der Waals surface area (Å²) in [5.74, 6) is 3.26. The Bertz CT molecular complexity index is 551. The summed E-state index contributed by atoms with van der Waals surface area (Å²) in [4.78, 5) is 6.34. The Morgan fingerprint density at radius 3 is 2.63 bits per heavy atom. The predicted octanol–water partition coefficient (Wildman–Crippen LogP) is 1.67. The maximum Gasteiger partial charge on any atom is 0.151 e. The van der Waals surface area contributed by atoms with Crippen LogP contribution in [0.3, 0.4) is 0 Å². The molecule has 19 heavy (non-hydrogen) atoms. The number of nitrogen functional groups attached to an aromatic ring is 1. The third-order valence-electron chi connectivity index (χ3n) is 3.04. The number of hydrogen-bond acceptors (Lipinski definition) is 6. The molecule has 3 rings (SSSR count). The van der Waals surface area contributed by atoms with E-state index in [0.29, 0.717) is 5.69 Å². The predicted molar refractivity (Wildman–Crippen MR) is 79.2 cm³/mol. The van der Waals surface area contributed by atoms with Gasteiger partial charge < -0.3 is 10.6 Å². The minimum absolute atomic E-state index is 0.636. The highest BCUT2D eigenvalue weighted by atomic mass is 32.2. The Morgan fingerprint density at radius 1 is 1.11 bits per heavy atom. The summed E-state index contributed by atoms with van der Waals surface area (Å²) < 4.78 is 0. The van der Waals surface area contributed by atoms with Gasteiger partial charge in [0.15, 0.2) is 5.82 Å². The molecule has 1 aliphatic heterocycles. The molecule has 1 saturated heterocycles. The second-order valence-electron chi connectivity index (χ2n) is 4.38. The Morgan fingerprint density at radius 2 is 1.95 bits per heavy atom. The van der Waals surface area contributed by atoms with E-state index >= 15 is 0 Å². The lowest BCUT2D eigenvalue weighted by atomic mass is 10.2. The number of aromatic nitrogens is 3. The van der Waals surface area contributed by atoms with Crippen LogP contribution in [0.2, 0.25) is 0 Å². The van der Waals surface area contributed by atoms with Crippen molar-refractivity contribution in [2.24, 2.45) is 0 Å². The number of nitrogens with two attached hydrogens (primary N) is 1. The first-order valence-corrected chi connectivity index (χ1v) is 7.36. The normalized spacial score (nSPS) is 15.5. The standard InChI is InChI=1S/C13H15N5S/c14-11-7-10(8-15-9-11)12-1-2-13(17-16-12)18-3-5-19-6-4-18/h1-2,7-9H,3-6,14H2. The second-order valence-corrected chi connectivity index (χ2v) is 5.61. The molecule has 0 atom stereocenters. The second kappa shape index (κ2) is 5.44. The van der Waals surface area contributed by atoms with Gasteiger partial charge in [-0.25, -0.2) is 0 Å². The van der Waals surface area contributed by atoms with E-state index in [-0.39, 0.29) is 0 Å². The SMILES string of the molecule is Nc1cncc(-c2ccc(N3CCSCC3)nn2)c1. The van der Waals surface area contributed by atoms with Gasteiger partial charge in [0.05, 0.1) is 11.4 Å². The van der Waals surface area contributed by atoms with Gasteiger partial charge in [0.1, 0.15) is 0 Å². The summed E-state index contributed by atoms with van der Waals surface area (Å²) in [6, 6.07) is 5.84. The summed E-state index contributed by atoms with van der Waals surface area (Å²) in [5.41, 5.74) is 8.05. The molecule has 0 saturated carbocycles. The van der Waals surface area contributed by atoms with E-state index in [2.05, 4.69) is 20.1 Å². The van der Waals surface area contributed by atoms with E-state index < -0.39 is 0 Å². The molecule has 98 valence electrons. The Hall–Kier alpha value is -1.82. The first kappa shape index (κ1) is 12.2. The summed E-state index contributed by atoms with van der Waals surface area (Å²) in [6.45, 7) is 2.08. The van der Waals surface area contributed by atoms with E-state index in [9.17, 15) is 0 Å². The van der Waals surface area contributed by atoms with Gasteiger partial charge in [-0.15, -0.1) is 10.2 Å². The Kier molecular flexibility index (Phi) is 3.50. The Labute approximate surface area is 116 Å². The molecule has 5 nitrogen and oxygen atoms in total. The molecule has 0 aromatic carbocycles. The fourth-order valence-corrected chi connectivity index (χ4v) is 2.94. The van der Waals surface area contributed by atoms with Crippen LogP contribution in [0.4, 0.5) is 11.5 Å². The van der Waals surface area contributed by atoms with E-state index in [0.717, 1.165) is 41.7 Å². The monoisotopic (exact) mass is 273 g/mol. The number of anilines is 2. The van der Waals surface area contributed by atoms with Crippen LogP contribution in [0, 0.1) is 0 Å². The lowest BCUT2D eigenvalue weighted by Crippen LogP contribution is -2.33. The van der Waals surface area contributed by atoms with Crippen molar-refractivity contribution < 1.29 is 0 Å². The summed E-state index contributed by atoms with van der Waals surface area (Å²) >= 11 is 1.98. The highest BCUT2D eigenvalue weighted by Gasteiger charge is 2.12. The van der Waals surface area contributed by atoms with Crippen molar-refractivity contribution in [2.45, 2.75) is 0 Å². The molecule has 0 amide bonds. The van der Waals surface area contributed by atoms with Crippen molar-refractivity contribution in [2.75, 3.05) is 35.2 Å². The molecule has 6 heteroatoms. The van der Waals surface area contributed by atoms with E-state index in [1.807, 2.05) is 30.0 Å². The van der Waals surface area contributed by atoms with Gasteiger partial charge in [-0.3, -0.25) is 4.98 Å². The number of pyridine rings is 1. The smallest absolute Gasteiger partial charge is 0.151 e. The summed E-state index contributed by atoms with van der Waals surface area (Å²) in [5, 5.41) is 8.58. The van der Waals surface area contributed by atoms with Crippen molar-refractivity contribution >= 4 is 23.3 Å². The zero-order valence-electron chi connectivity index (χ0n) is 10.5. The topological polar surface area (TPSA) is 67.9 Å². The lowest BCUT2D eigenvalue weighted by molar-refractivity contribution is 0.820. The molecule has 0 bridgehead atoms. The van der Waals surface area contributed by atoms with Gasteiger partial charge >= 0.3 is 0 Å². The molecule has 3 heterocycles. The van der Waals surface area contributed by atoms with Gasteiger partial charge in [-0.2, -0.15) is 11.8 Å². The average Bonchev–Trinajstić information content (AvgIpc) is 2.48. The molecule has 2 N–H and O–H groups in total. The van der Waals surface area contributed by atoms with Crippen LogP contribution in [-0.4, -0.2) is 39.8 Å². The van der Waals surface area contributed by atoms with Crippen molar-refractivity contribution in [1.82, 2.24) is 15.2 Å². The quantitative estimate of drug-likeness (QED) is 0.898. The number of nitrogens with zero attached hydrogens (tertiary/aromatic N) is 4. The molecule has 2 aromatic heterocycles. The third kappa shape index (κ3) is 2.78. The zero-order valence-corrected chi connectivity index (χ0v) is 11.3. The van der Waals surface area contributed by atoms with Crippen LogP contribution in [-0.2, 0) is 0 Å².